The Kier molecular flexibility index (Phi) is 6.52. The first-order valence-electron chi connectivity index (χ1n) is 5.80. The first kappa shape index (κ1) is 15.0. The molecule has 0 bridgehead atoms. The van der Waals surface area contributed by atoms with Gasteiger partial charge in [0.2, 0.25) is 0 Å². The minimum absolute atomic E-state index is 0.695. The van der Waals surface area contributed by atoms with Crippen LogP contribution in [-0.4, -0.2) is 32.1 Å². The van der Waals surface area contributed by atoms with Crippen molar-refractivity contribution in [2.75, 3.05) is 27.2 Å². The zero-order valence-corrected chi connectivity index (χ0v) is 13.8. The largest absolute Gasteiger partial charge is 0.492 e. The standard InChI is InChI=1S/C13H19Br2NO/c1-4-17-13-10(6-5-7-16(2)3)8-11(14)9-12(13)15/h8-9H,4-7H2,1-3H3. The zero-order chi connectivity index (χ0) is 12.8. The number of nitrogens with zero attached hydrogens (tertiary/aromatic N) is 1. The molecule has 0 heterocycles. The molecule has 4 heteroatoms. The molecule has 0 atom stereocenters. The molecule has 17 heavy (non-hydrogen) atoms. The summed E-state index contributed by atoms with van der Waals surface area (Å²) in [5.41, 5.74) is 1.26. The zero-order valence-electron chi connectivity index (χ0n) is 10.6. The van der Waals surface area contributed by atoms with Crippen LogP contribution in [0.25, 0.3) is 0 Å². The van der Waals surface area contributed by atoms with E-state index < -0.39 is 0 Å². The van der Waals surface area contributed by atoms with Gasteiger partial charge >= 0.3 is 0 Å². The van der Waals surface area contributed by atoms with E-state index in [1.807, 2.05) is 13.0 Å². The van der Waals surface area contributed by atoms with Crippen molar-refractivity contribution in [3.63, 3.8) is 0 Å². The van der Waals surface area contributed by atoms with Crippen molar-refractivity contribution in [3.05, 3.63) is 26.6 Å². The Labute approximate surface area is 121 Å². The molecular formula is C13H19Br2NO. The maximum atomic E-state index is 5.70. The van der Waals surface area contributed by atoms with Crippen LogP contribution in [-0.2, 0) is 6.42 Å². The minimum atomic E-state index is 0.695. The summed E-state index contributed by atoms with van der Waals surface area (Å²) in [4.78, 5) is 2.20. The van der Waals surface area contributed by atoms with Gasteiger partial charge < -0.3 is 9.64 Å². The van der Waals surface area contributed by atoms with E-state index in [2.05, 4.69) is 56.9 Å². The first-order valence-corrected chi connectivity index (χ1v) is 7.38. The second-order valence-electron chi connectivity index (χ2n) is 4.22. The molecule has 0 aliphatic heterocycles. The SMILES string of the molecule is CCOc1c(Br)cc(Br)cc1CCCN(C)C. The van der Waals surface area contributed by atoms with E-state index in [1.165, 1.54) is 5.56 Å². The van der Waals surface area contributed by atoms with Gasteiger partial charge in [0, 0.05) is 4.47 Å². The van der Waals surface area contributed by atoms with Gasteiger partial charge in [-0.25, -0.2) is 0 Å². The van der Waals surface area contributed by atoms with Crippen LogP contribution < -0.4 is 4.74 Å². The van der Waals surface area contributed by atoms with E-state index in [1.54, 1.807) is 0 Å². The van der Waals surface area contributed by atoms with Crippen LogP contribution in [0.3, 0.4) is 0 Å². The highest BCUT2D eigenvalue weighted by Crippen LogP contribution is 2.33. The van der Waals surface area contributed by atoms with Gasteiger partial charge in [0.15, 0.2) is 0 Å². The van der Waals surface area contributed by atoms with Crippen LogP contribution in [0.2, 0.25) is 0 Å². The Bertz CT molecular complexity index is 367. The number of rotatable bonds is 6. The van der Waals surface area contributed by atoms with E-state index in [-0.39, 0.29) is 0 Å². The Morgan fingerprint density at radius 2 is 1.94 bits per heavy atom. The number of hydrogen-bond acceptors (Lipinski definition) is 2. The van der Waals surface area contributed by atoms with Crippen LogP contribution in [0.4, 0.5) is 0 Å². The Balaban J connectivity index is 2.80. The number of aryl methyl sites for hydroxylation is 1. The Morgan fingerprint density at radius 1 is 1.24 bits per heavy atom. The summed E-state index contributed by atoms with van der Waals surface area (Å²) in [6.07, 6.45) is 2.17. The lowest BCUT2D eigenvalue weighted by Gasteiger charge is -2.14. The molecule has 96 valence electrons. The molecule has 0 spiro atoms. The van der Waals surface area contributed by atoms with Gasteiger partial charge in [-0.05, 0) is 74.0 Å². The molecule has 0 saturated heterocycles. The van der Waals surface area contributed by atoms with Crippen molar-refractivity contribution in [3.8, 4) is 5.75 Å². The Morgan fingerprint density at radius 3 is 2.53 bits per heavy atom. The van der Waals surface area contributed by atoms with Crippen molar-refractivity contribution in [2.45, 2.75) is 19.8 Å². The molecular weight excluding hydrogens is 346 g/mol. The molecule has 0 aromatic heterocycles. The summed E-state index contributed by atoms with van der Waals surface area (Å²) in [6.45, 7) is 3.80. The van der Waals surface area contributed by atoms with E-state index in [0.717, 1.165) is 34.1 Å². The van der Waals surface area contributed by atoms with E-state index in [0.29, 0.717) is 6.61 Å². The molecule has 0 N–H and O–H groups in total. The van der Waals surface area contributed by atoms with Gasteiger partial charge in [-0.3, -0.25) is 0 Å². The van der Waals surface area contributed by atoms with Crippen LogP contribution >= 0.6 is 31.9 Å². The predicted molar refractivity (Wildman–Crippen MR) is 79.9 cm³/mol. The maximum absolute atomic E-state index is 5.70. The lowest BCUT2D eigenvalue weighted by atomic mass is 10.1. The first-order chi connectivity index (χ1) is 8.04. The number of halogens is 2. The second-order valence-corrected chi connectivity index (χ2v) is 5.99. The number of benzene rings is 1. The summed E-state index contributed by atoms with van der Waals surface area (Å²) in [5.74, 6) is 0.981. The van der Waals surface area contributed by atoms with Gasteiger partial charge in [0.25, 0.3) is 0 Å². The van der Waals surface area contributed by atoms with Crippen molar-refractivity contribution in [1.29, 1.82) is 0 Å². The van der Waals surface area contributed by atoms with Crippen molar-refractivity contribution >= 4 is 31.9 Å². The molecule has 0 radical (unpaired) electrons. The molecule has 1 aromatic rings. The van der Waals surface area contributed by atoms with E-state index in [4.69, 9.17) is 4.74 Å². The maximum Gasteiger partial charge on any atom is 0.136 e. The average Bonchev–Trinajstić information content (AvgIpc) is 2.22. The molecule has 0 amide bonds. The lowest BCUT2D eigenvalue weighted by molar-refractivity contribution is 0.332. The third-order valence-electron chi connectivity index (χ3n) is 2.43. The van der Waals surface area contributed by atoms with Gasteiger partial charge in [-0.1, -0.05) is 15.9 Å². The monoisotopic (exact) mass is 363 g/mol. The fraction of sp³-hybridized carbons (Fsp3) is 0.538. The molecule has 0 aliphatic carbocycles. The van der Waals surface area contributed by atoms with Gasteiger partial charge in [-0.15, -0.1) is 0 Å². The summed E-state index contributed by atoms with van der Waals surface area (Å²) in [7, 11) is 4.20. The average molecular weight is 365 g/mol. The minimum Gasteiger partial charge on any atom is -0.492 e. The fourth-order valence-electron chi connectivity index (χ4n) is 1.69. The molecule has 2 nitrogen and oxygen atoms in total. The summed E-state index contributed by atoms with van der Waals surface area (Å²) >= 11 is 7.08. The van der Waals surface area contributed by atoms with E-state index >= 15 is 0 Å². The van der Waals surface area contributed by atoms with Crippen LogP contribution in [0.1, 0.15) is 18.9 Å². The molecule has 1 rings (SSSR count). The molecule has 0 aliphatic rings. The van der Waals surface area contributed by atoms with Crippen molar-refractivity contribution in [2.24, 2.45) is 0 Å². The van der Waals surface area contributed by atoms with Crippen LogP contribution in [0, 0.1) is 0 Å². The quantitative estimate of drug-likeness (QED) is 0.753. The third-order valence-corrected chi connectivity index (χ3v) is 3.47. The van der Waals surface area contributed by atoms with Crippen LogP contribution in [0.15, 0.2) is 21.1 Å². The predicted octanol–water partition coefficient (Wildman–Crippen LogP) is 4.10. The van der Waals surface area contributed by atoms with E-state index in [9.17, 15) is 0 Å². The molecule has 0 fully saturated rings. The van der Waals surface area contributed by atoms with Crippen molar-refractivity contribution in [1.82, 2.24) is 4.90 Å². The fourth-order valence-corrected chi connectivity index (χ4v) is 3.12. The van der Waals surface area contributed by atoms with Gasteiger partial charge in [0.1, 0.15) is 5.75 Å². The molecule has 0 saturated carbocycles. The van der Waals surface area contributed by atoms with Gasteiger partial charge in [0.05, 0.1) is 11.1 Å². The highest BCUT2D eigenvalue weighted by molar-refractivity contribution is 9.11. The second kappa shape index (κ2) is 7.39. The highest BCUT2D eigenvalue weighted by Gasteiger charge is 2.09. The summed E-state index contributed by atoms with van der Waals surface area (Å²) < 4.78 is 7.81. The summed E-state index contributed by atoms with van der Waals surface area (Å²) in [6, 6.07) is 4.17. The highest BCUT2D eigenvalue weighted by atomic mass is 79.9. The Hall–Kier alpha value is -0.0600. The number of ether oxygens (including phenoxy) is 1. The van der Waals surface area contributed by atoms with Gasteiger partial charge in [-0.2, -0.15) is 0 Å². The molecule has 0 unspecified atom stereocenters. The topological polar surface area (TPSA) is 12.5 Å². The van der Waals surface area contributed by atoms with Crippen molar-refractivity contribution < 1.29 is 4.74 Å². The normalized spacial score (nSPS) is 10.9. The molecule has 1 aromatic carbocycles. The lowest BCUT2D eigenvalue weighted by Crippen LogP contribution is -2.13. The summed E-state index contributed by atoms with van der Waals surface area (Å²) in [5, 5.41) is 0. The number of hydrogen-bond donors (Lipinski definition) is 0. The third kappa shape index (κ3) is 4.98. The smallest absolute Gasteiger partial charge is 0.136 e. The van der Waals surface area contributed by atoms with Crippen LogP contribution in [0.5, 0.6) is 5.75 Å².